The molecule has 0 aliphatic carbocycles. The lowest BCUT2D eigenvalue weighted by Gasteiger charge is -2.23. The molecule has 1 aliphatic rings. The predicted octanol–water partition coefficient (Wildman–Crippen LogP) is 10.4. The van der Waals surface area contributed by atoms with Gasteiger partial charge in [0, 0.05) is 10.9 Å². The molecule has 1 nitrogen and oxygen atoms in total. The molecule has 0 spiro atoms. The van der Waals surface area contributed by atoms with Crippen LogP contribution in [0.15, 0.2) is 122 Å². The van der Waals surface area contributed by atoms with Crippen LogP contribution in [0, 0.1) is 0 Å². The van der Waals surface area contributed by atoms with Gasteiger partial charge in [0.15, 0.2) is 0 Å². The van der Waals surface area contributed by atoms with Crippen molar-refractivity contribution in [2.75, 3.05) is 0 Å². The van der Waals surface area contributed by atoms with Gasteiger partial charge >= 0.3 is 0 Å². The second-order valence-corrected chi connectivity index (χ2v) is 9.37. The predicted molar refractivity (Wildman–Crippen MR) is 158 cm³/mol. The molecule has 0 bridgehead atoms. The van der Waals surface area contributed by atoms with Crippen LogP contribution in [0.2, 0.25) is 0 Å². The Morgan fingerprint density at radius 1 is 0.514 bits per heavy atom. The van der Waals surface area contributed by atoms with Crippen molar-refractivity contribution in [3.8, 4) is 44.9 Å². The van der Waals surface area contributed by atoms with Crippen LogP contribution in [0.1, 0.15) is 11.1 Å². The Kier molecular flexibility index (Phi) is 4.84. The van der Waals surface area contributed by atoms with E-state index in [1.165, 1.54) is 32.8 Å². The van der Waals surface area contributed by atoms with Gasteiger partial charge in [-0.25, -0.2) is 0 Å². The van der Waals surface area contributed by atoms with Gasteiger partial charge in [-0.3, -0.25) is 0 Å². The summed E-state index contributed by atoms with van der Waals surface area (Å²) in [4.78, 5) is 0. The molecule has 1 aliphatic heterocycles. The fourth-order valence-electron chi connectivity index (χ4n) is 5.85. The summed E-state index contributed by atoms with van der Waals surface area (Å²) in [5, 5.41) is 4.74. The minimum absolute atomic E-state index is 0.879. The first-order chi connectivity index (χ1) is 18.3. The van der Waals surface area contributed by atoms with Crippen LogP contribution >= 0.6 is 0 Å². The number of rotatable bonds is 4. The van der Waals surface area contributed by atoms with E-state index in [2.05, 4.69) is 116 Å². The topological polar surface area (TPSA) is 9.23 Å². The van der Waals surface area contributed by atoms with E-state index in [0.29, 0.717) is 0 Å². The van der Waals surface area contributed by atoms with Gasteiger partial charge in [0.1, 0.15) is 11.5 Å². The molecule has 6 aromatic carbocycles. The summed E-state index contributed by atoms with van der Waals surface area (Å²) in [7, 11) is 0. The Labute approximate surface area is 216 Å². The minimum atomic E-state index is 0.879. The third-order valence-corrected chi connectivity index (χ3v) is 7.41. The Hall–Kier alpha value is -4.88. The molecule has 6 aromatic rings. The zero-order valence-electron chi connectivity index (χ0n) is 20.4. The third-order valence-electron chi connectivity index (χ3n) is 7.41. The maximum absolute atomic E-state index is 6.37. The van der Waals surface area contributed by atoms with Crippen LogP contribution in [0.3, 0.4) is 0 Å². The summed E-state index contributed by atoms with van der Waals surface area (Å²) >= 11 is 0. The molecule has 0 fully saturated rings. The zero-order chi connectivity index (χ0) is 24.9. The van der Waals surface area contributed by atoms with Gasteiger partial charge < -0.3 is 4.74 Å². The van der Waals surface area contributed by atoms with Crippen molar-refractivity contribution in [3.05, 3.63) is 133 Å². The van der Waals surface area contributed by atoms with Gasteiger partial charge in [0.2, 0.25) is 0 Å². The molecule has 0 N–H and O–H groups in total. The minimum Gasteiger partial charge on any atom is -0.456 e. The van der Waals surface area contributed by atoms with Crippen LogP contribution in [0.4, 0.5) is 0 Å². The van der Waals surface area contributed by atoms with Crippen LogP contribution in [0.25, 0.3) is 67.1 Å². The summed E-state index contributed by atoms with van der Waals surface area (Å²) in [6, 6.07) is 38.4. The number of hydrogen-bond acceptors (Lipinski definition) is 1. The Bertz CT molecular complexity index is 1870. The van der Waals surface area contributed by atoms with Crippen molar-refractivity contribution in [1.29, 1.82) is 0 Å². The quantitative estimate of drug-likeness (QED) is 0.247. The van der Waals surface area contributed by atoms with Crippen LogP contribution < -0.4 is 4.74 Å². The monoisotopic (exact) mass is 472 g/mol. The molecule has 0 aromatic heterocycles. The van der Waals surface area contributed by atoms with E-state index >= 15 is 0 Å². The number of hydrogen-bond donors (Lipinski definition) is 0. The zero-order valence-corrected chi connectivity index (χ0v) is 20.4. The first-order valence-corrected chi connectivity index (χ1v) is 12.5. The lowest BCUT2D eigenvalue weighted by Crippen LogP contribution is -1.99. The van der Waals surface area contributed by atoms with Crippen molar-refractivity contribution in [2.45, 2.75) is 0 Å². The van der Waals surface area contributed by atoms with Crippen LogP contribution in [-0.4, -0.2) is 0 Å². The fraction of sp³-hybridized carbons (Fsp3) is 0. The SMILES string of the molecule is C=Cc1c(C=C)c(-c2ccc3c(c2)-c2cccc4cccc(c24)O3)c2ccccc2c1-c1ccccc1. The van der Waals surface area contributed by atoms with Crippen molar-refractivity contribution in [3.63, 3.8) is 0 Å². The van der Waals surface area contributed by atoms with Gasteiger partial charge in [-0.2, -0.15) is 0 Å². The average Bonchev–Trinajstić information content (AvgIpc) is 2.96. The van der Waals surface area contributed by atoms with E-state index in [-0.39, 0.29) is 0 Å². The highest BCUT2D eigenvalue weighted by Crippen LogP contribution is 2.49. The maximum Gasteiger partial charge on any atom is 0.135 e. The first-order valence-electron chi connectivity index (χ1n) is 12.5. The van der Waals surface area contributed by atoms with Crippen LogP contribution in [-0.2, 0) is 0 Å². The van der Waals surface area contributed by atoms with Gasteiger partial charge in [0.05, 0.1) is 0 Å². The molecule has 37 heavy (non-hydrogen) atoms. The smallest absolute Gasteiger partial charge is 0.135 e. The Balaban J connectivity index is 1.56. The van der Waals surface area contributed by atoms with Gasteiger partial charge in [-0.15, -0.1) is 0 Å². The molecular weight excluding hydrogens is 448 g/mol. The van der Waals surface area contributed by atoms with Crippen molar-refractivity contribution in [2.24, 2.45) is 0 Å². The third kappa shape index (κ3) is 3.18. The highest BCUT2D eigenvalue weighted by Gasteiger charge is 2.23. The van der Waals surface area contributed by atoms with Gasteiger partial charge in [-0.1, -0.05) is 116 Å². The second kappa shape index (κ2) is 8.36. The van der Waals surface area contributed by atoms with E-state index in [1.54, 1.807) is 0 Å². The molecule has 0 amide bonds. The Morgan fingerprint density at radius 3 is 1.86 bits per heavy atom. The summed E-state index contributed by atoms with van der Waals surface area (Å²) < 4.78 is 6.37. The molecule has 0 saturated carbocycles. The summed E-state index contributed by atoms with van der Waals surface area (Å²) in [6.45, 7) is 8.46. The molecule has 174 valence electrons. The lowest BCUT2D eigenvalue weighted by molar-refractivity contribution is 0.487. The number of fused-ring (bicyclic) bond motifs is 3. The molecule has 7 rings (SSSR count). The average molecular weight is 473 g/mol. The van der Waals surface area contributed by atoms with Crippen molar-refractivity contribution >= 4 is 33.7 Å². The van der Waals surface area contributed by atoms with Crippen molar-refractivity contribution in [1.82, 2.24) is 0 Å². The standard InChI is InChI=1S/C36H24O/c1-3-26-27(4-2)35(29-17-9-8-16-28(29)34(26)23-12-6-5-7-13-23)25-20-21-32-31(22-25)30-18-10-14-24-15-11-19-33(37-32)36(24)30/h3-22H,1-2H2. The largest absolute Gasteiger partial charge is 0.456 e. The number of ether oxygens (including phenoxy) is 1. The van der Waals surface area contributed by atoms with Gasteiger partial charge in [-0.05, 0) is 73.3 Å². The van der Waals surface area contributed by atoms with E-state index < -0.39 is 0 Å². The normalized spacial score (nSPS) is 11.7. The molecule has 0 atom stereocenters. The molecule has 0 unspecified atom stereocenters. The van der Waals surface area contributed by atoms with Crippen molar-refractivity contribution < 1.29 is 4.74 Å². The highest BCUT2D eigenvalue weighted by molar-refractivity contribution is 6.12. The van der Waals surface area contributed by atoms with Crippen LogP contribution in [0.5, 0.6) is 11.5 Å². The molecule has 1 heteroatoms. The molecule has 0 saturated heterocycles. The highest BCUT2D eigenvalue weighted by atomic mass is 16.5. The summed E-state index contributed by atoms with van der Waals surface area (Å²) in [5.41, 5.74) is 9.13. The fourth-order valence-corrected chi connectivity index (χ4v) is 5.85. The lowest BCUT2D eigenvalue weighted by atomic mass is 9.82. The Morgan fingerprint density at radius 2 is 1.16 bits per heavy atom. The maximum atomic E-state index is 6.37. The van der Waals surface area contributed by atoms with E-state index in [4.69, 9.17) is 4.74 Å². The summed E-state index contributed by atoms with van der Waals surface area (Å²) in [6.07, 6.45) is 3.94. The molecule has 1 heterocycles. The second-order valence-electron chi connectivity index (χ2n) is 9.37. The van der Waals surface area contributed by atoms with Gasteiger partial charge in [0.25, 0.3) is 0 Å². The number of benzene rings is 6. The van der Waals surface area contributed by atoms with E-state index in [1.807, 2.05) is 18.2 Å². The first kappa shape index (κ1) is 21.4. The summed E-state index contributed by atoms with van der Waals surface area (Å²) in [5.74, 6) is 1.79. The molecule has 0 radical (unpaired) electrons. The molecular formula is C36H24O. The van der Waals surface area contributed by atoms with E-state index in [9.17, 15) is 0 Å². The van der Waals surface area contributed by atoms with E-state index in [0.717, 1.165) is 44.7 Å².